The molecule has 2 atom stereocenters. The van der Waals surface area contributed by atoms with Gasteiger partial charge in [0, 0.05) is 6.54 Å². The fourth-order valence-corrected chi connectivity index (χ4v) is 4.12. The van der Waals surface area contributed by atoms with Crippen LogP contribution < -0.4 is 4.72 Å². The molecule has 1 aromatic rings. The van der Waals surface area contributed by atoms with Crippen molar-refractivity contribution < 1.29 is 13.5 Å². The molecule has 0 bridgehead atoms. The van der Waals surface area contributed by atoms with Crippen molar-refractivity contribution in [1.29, 1.82) is 0 Å². The summed E-state index contributed by atoms with van der Waals surface area (Å²) in [5.41, 5.74) is 0.713. The molecule has 1 aliphatic rings. The molecule has 1 aromatic carbocycles. The van der Waals surface area contributed by atoms with Gasteiger partial charge in [0.25, 0.3) is 0 Å². The highest BCUT2D eigenvalue weighted by Crippen LogP contribution is 2.30. The maximum Gasteiger partial charge on any atom is 0.240 e. The molecule has 0 spiro atoms. The van der Waals surface area contributed by atoms with Gasteiger partial charge in [-0.2, -0.15) is 0 Å². The highest BCUT2D eigenvalue weighted by Gasteiger charge is 2.20. The molecule has 4 nitrogen and oxygen atoms in total. The number of nitrogens with one attached hydrogen (secondary N) is 1. The molecular weight excluding hydrogens is 286 g/mol. The van der Waals surface area contributed by atoms with E-state index in [0.29, 0.717) is 18.0 Å². The SMILES string of the molecule is CC1CCCC(CCNS(=O)(=O)c2ccc(CO)cc2)C1. The number of hydrogen-bond acceptors (Lipinski definition) is 3. The molecule has 0 aliphatic heterocycles. The van der Waals surface area contributed by atoms with Crippen LogP contribution in [-0.2, 0) is 16.6 Å². The minimum atomic E-state index is -3.43. The lowest BCUT2D eigenvalue weighted by Crippen LogP contribution is -2.27. The van der Waals surface area contributed by atoms with E-state index in [1.165, 1.54) is 37.8 Å². The Balaban J connectivity index is 1.85. The van der Waals surface area contributed by atoms with Gasteiger partial charge in [0.2, 0.25) is 10.0 Å². The zero-order valence-electron chi connectivity index (χ0n) is 12.6. The summed E-state index contributed by atoms with van der Waals surface area (Å²) in [5, 5.41) is 8.97. The zero-order valence-corrected chi connectivity index (χ0v) is 13.4. The van der Waals surface area contributed by atoms with E-state index in [1.54, 1.807) is 12.1 Å². The van der Waals surface area contributed by atoms with E-state index in [1.807, 2.05) is 0 Å². The average Bonchev–Trinajstić information content (AvgIpc) is 2.47. The first kappa shape index (κ1) is 16.5. The highest BCUT2D eigenvalue weighted by atomic mass is 32.2. The van der Waals surface area contributed by atoms with Crippen molar-refractivity contribution in [2.24, 2.45) is 11.8 Å². The van der Waals surface area contributed by atoms with Gasteiger partial charge in [-0.1, -0.05) is 38.3 Å². The smallest absolute Gasteiger partial charge is 0.240 e. The van der Waals surface area contributed by atoms with Crippen LogP contribution >= 0.6 is 0 Å². The maximum atomic E-state index is 12.2. The Morgan fingerprint density at radius 1 is 1.24 bits per heavy atom. The topological polar surface area (TPSA) is 66.4 Å². The third-order valence-electron chi connectivity index (χ3n) is 4.31. The first-order chi connectivity index (χ1) is 10.0. The number of hydrogen-bond donors (Lipinski definition) is 2. The molecule has 2 N–H and O–H groups in total. The Morgan fingerprint density at radius 2 is 1.95 bits per heavy atom. The van der Waals surface area contributed by atoms with Crippen molar-refractivity contribution in [1.82, 2.24) is 4.72 Å². The molecular formula is C16H25NO3S. The lowest BCUT2D eigenvalue weighted by molar-refractivity contribution is 0.271. The third kappa shape index (κ3) is 4.80. The summed E-state index contributed by atoms with van der Waals surface area (Å²) >= 11 is 0. The van der Waals surface area contributed by atoms with Gasteiger partial charge in [0.05, 0.1) is 11.5 Å². The molecule has 5 heteroatoms. The molecule has 2 unspecified atom stereocenters. The molecule has 118 valence electrons. The number of aliphatic hydroxyl groups excluding tert-OH is 1. The maximum absolute atomic E-state index is 12.2. The summed E-state index contributed by atoms with van der Waals surface area (Å²) in [6.07, 6.45) is 5.92. The van der Waals surface area contributed by atoms with E-state index < -0.39 is 10.0 Å². The van der Waals surface area contributed by atoms with Gasteiger partial charge in [-0.15, -0.1) is 0 Å². The van der Waals surface area contributed by atoms with Gasteiger partial charge in [-0.25, -0.2) is 13.1 Å². The summed E-state index contributed by atoms with van der Waals surface area (Å²) in [5.74, 6) is 1.42. The molecule has 0 amide bonds. The zero-order chi connectivity index (χ0) is 15.3. The molecule has 1 saturated carbocycles. The third-order valence-corrected chi connectivity index (χ3v) is 5.78. The summed E-state index contributed by atoms with van der Waals surface area (Å²) in [6.45, 7) is 2.70. The monoisotopic (exact) mass is 311 g/mol. The van der Waals surface area contributed by atoms with Crippen LogP contribution in [0.4, 0.5) is 0 Å². The molecule has 0 aromatic heterocycles. The van der Waals surface area contributed by atoms with E-state index in [2.05, 4.69) is 11.6 Å². The van der Waals surface area contributed by atoms with Crippen LogP contribution in [0.3, 0.4) is 0 Å². The summed E-state index contributed by atoms with van der Waals surface area (Å²) < 4.78 is 27.0. The molecule has 1 aliphatic carbocycles. The van der Waals surface area contributed by atoms with Crippen molar-refractivity contribution >= 4 is 10.0 Å². The number of aliphatic hydroxyl groups is 1. The van der Waals surface area contributed by atoms with Crippen LogP contribution in [0.25, 0.3) is 0 Å². The van der Waals surface area contributed by atoms with E-state index >= 15 is 0 Å². The van der Waals surface area contributed by atoms with Crippen LogP contribution in [-0.4, -0.2) is 20.1 Å². The van der Waals surface area contributed by atoms with Gasteiger partial charge < -0.3 is 5.11 Å². The van der Waals surface area contributed by atoms with E-state index in [9.17, 15) is 8.42 Å². The second kappa shape index (κ2) is 7.38. The minimum absolute atomic E-state index is 0.0758. The Kier molecular flexibility index (Phi) is 5.79. The van der Waals surface area contributed by atoms with Gasteiger partial charge in [0.1, 0.15) is 0 Å². The van der Waals surface area contributed by atoms with E-state index in [4.69, 9.17) is 5.11 Å². The first-order valence-corrected chi connectivity index (χ1v) is 9.19. The molecule has 2 rings (SSSR count). The standard InChI is InChI=1S/C16H25NO3S/c1-13-3-2-4-14(11-13)9-10-17-21(19,20)16-7-5-15(12-18)6-8-16/h5-8,13-14,17-18H,2-4,9-12H2,1H3. The fourth-order valence-electron chi connectivity index (χ4n) is 3.08. The second-order valence-electron chi connectivity index (χ2n) is 6.13. The number of sulfonamides is 1. The number of rotatable bonds is 6. The lowest BCUT2D eigenvalue weighted by atomic mass is 9.81. The molecule has 21 heavy (non-hydrogen) atoms. The van der Waals surface area contributed by atoms with E-state index in [-0.39, 0.29) is 11.5 Å². The van der Waals surface area contributed by atoms with Crippen LogP contribution in [0.15, 0.2) is 29.2 Å². The predicted molar refractivity (Wildman–Crippen MR) is 83.3 cm³/mol. The van der Waals surface area contributed by atoms with Crippen molar-refractivity contribution in [2.45, 2.75) is 50.5 Å². The van der Waals surface area contributed by atoms with E-state index in [0.717, 1.165) is 12.3 Å². The largest absolute Gasteiger partial charge is 0.392 e. The van der Waals surface area contributed by atoms with Crippen LogP contribution in [0.1, 0.15) is 44.6 Å². The summed E-state index contributed by atoms with van der Waals surface area (Å²) in [7, 11) is -3.43. The normalized spacial score (nSPS) is 23.1. The second-order valence-corrected chi connectivity index (χ2v) is 7.89. The summed E-state index contributed by atoms with van der Waals surface area (Å²) in [6, 6.07) is 6.35. The molecule has 0 heterocycles. The van der Waals surface area contributed by atoms with Crippen molar-refractivity contribution in [2.75, 3.05) is 6.54 Å². The minimum Gasteiger partial charge on any atom is -0.392 e. The molecule has 0 radical (unpaired) electrons. The quantitative estimate of drug-likeness (QED) is 0.849. The van der Waals surface area contributed by atoms with Crippen molar-refractivity contribution in [3.63, 3.8) is 0 Å². The van der Waals surface area contributed by atoms with Gasteiger partial charge in [-0.3, -0.25) is 0 Å². The Morgan fingerprint density at radius 3 is 2.57 bits per heavy atom. The van der Waals surface area contributed by atoms with Gasteiger partial charge in [-0.05, 0) is 42.4 Å². The van der Waals surface area contributed by atoms with Crippen molar-refractivity contribution in [3.8, 4) is 0 Å². The Bertz CT molecular complexity index is 539. The number of benzene rings is 1. The van der Waals surface area contributed by atoms with Crippen molar-refractivity contribution in [3.05, 3.63) is 29.8 Å². The molecule has 1 fully saturated rings. The first-order valence-electron chi connectivity index (χ1n) is 7.70. The summed E-state index contributed by atoms with van der Waals surface area (Å²) in [4.78, 5) is 0.261. The Labute approximate surface area is 127 Å². The average molecular weight is 311 g/mol. The lowest BCUT2D eigenvalue weighted by Gasteiger charge is -2.26. The Hall–Kier alpha value is -0.910. The van der Waals surface area contributed by atoms with Crippen LogP contribution in [0.2, 0.25) is 0 Å². The fraction of sp³-hybridized carbons (Fsp3) is 0.625. The highest BCUT2D eigenvalue weighted by molar-refractivity contribution is 7.89. The van der Waals surface area contributed by atoms with Gasteiger partial charge >= 0.3 is 0 Å². The van der Waals surface area contributed by atoms with Crippen LogP contribution in [0.5, 0.6) is 0 Å². The predicted octanol–water partition coefficient (Wildman–Crippen LogP) is 2.67. The van der Waals surface area contributed by atoms with Gasteiger partial charge in [0.15, 0.2) is 0 Å². The molecule has 0 saturated heterocycles. The van der Waals surface area contributed by atoms with Crippen LogP contribution in [0, 0.1) is 11.8 Å².